The van der Waals surface area contributed by atoms with Gasteiger partial charge in [0.25, 0.3) is 0 Å². The fourth-order valence-corrected chi connectivity index (χ4v) is 3.99. The van der Waals surface area contributed by atoms with Gasteiger partial charge >= 0.3 is 0 Å². The lowest BCUT2D eigenvalue weighted by molar-refractivity contribution is 0.437. The van der Waals surface area contributed by atoms with Crippen LogP contribution in [0.4, 0.5) is 0 Å². The van der Waals surface area contributed by atoms with Crippen LogP contribution < -0.4 is 0 Å². The Kier molecular flexibility index (Phi) is 4.83. The van der Waals surface area contributed by atoms with E-state index < -0.39 is 8.87 Å². The minimum atomic E-state index is -3.18. The smallest absolute Gasteiger partial charge is 0.230 e. The van der Waals surface area contributed by atoms with Crippen LogP contribution in [0.3, 0.4) is 0 Å². The molecule has 0 aliphatic carbocycles. The molecular formula is C11H17NO2S2. The van der Waals surface area contributed by atoms with Gasteiger partial charge in [-0.2, -0.15) is 0 Å². The van der Waals surface area contributed by atoms with E-state index in [-0.39, 0.29) is 0 Å². The van der Waals surface area contributed by atoms with Gasteiger partial charge in [-0.3, -0.25) is 0 Å². The van der Waals surface area contributed by atoms with Crippen molar-refractivity contribution >= 4 is 19.7 Å². The first-order valence-electron chi connectivity index (χ1n) is 5.02. The first kappa shape index (κ1) is 13.5. The van der Waals surface area contributed by atoms with Crippen molar-refractivity contribution in [1.29, 1.82) is 0 Å². The molecule has 0 N–H and O–H groups in total. The van der Waals surface area contributed by atoms with E-state index in [0.717, 1.165) is 22.9 Å². The number of nitrogens with zero attached hydrogens (tertiary/aromatic N) is 1. The fraction of sp³-hybridized carbons (Fsp3) is 0.455. The molecule has 90 valence electrons. The van der Waals surface area contributed by atoms with Crippen LogP contribution in [0.1, 0.15) is 5.56 Å². The quantitative estimate of drug-likeness (QED) is 0.758. The van der Waals surface area contributed by atoms with Crippen LogP contribution in [0.15, 0.2) is 29.2 Å². The normalized spacial score (nSPS) is 12.0. The summed E-state index contributed by atoms with van der Waals surface area (Å²) >= 11 is 0. The monoisotopic (exact) mass is 259 g/mol. The molecule has 0 heterocycles. The lowest BCUT2D eigenvalue weighted by Crippen LogP contribution is -2.15. The third kappa shape index (κ3) is 4.15. The SMILES string of the molecule is Cc1ccc(S(=O)(=O)SCCN(C)C)cc1. The number of benzene rings is 1. The van der Waals surface area contributed by atoms with Crippen molar-refractivity contribution in [2.24, 2.45) is 0 Å². The summed E-state index contributed by atoms with van der Waals surface area (Å²) in [4.78, 5) is 2.36. The molecule has 0 amide bonds. The van der Waals surface area contributed by atoms with E-state index in [1.807, 2.05) is 38.1 Å². The maximum Gasteiger partial charge on any atom is 0.230 e. The molecule has 0 saturated heterocycles. The van der Waals surface area contributed by atoms with Crippen molar-refractivity contribution in [3.05, 3.63) is 29.8 Å². The molecule has 0 aliphatic rings. The molecule has 1 rings (SSSR count). The Labute approximate surface area is 101 Å². The van der Waals surface area contributed by atoms with Crippen molar-refractivity contribution in [3.8, 4) is 0 Å². The van der Waals surface area contributed by atoms with Gasteiger partial charge in [0.05, 0.1) is 4.90 Å². The molecule has 0 atom stereocenters. The third-order valence-electron chi connectivity index (χ3n) is 2.09. The molecule has 3 nitrogen and oxygen atoms in total. The zero-order chi connectivity index (χ0) is 12.2. The van der Waals surface area contributed by atoms with Gasteiger partial charge in [-0.1, -0.05) is 17.7 Å². The molecule has 0 aromatic heterocycles. The number of hydrogen-bond acceptors (Lipinski definition) is 4. The van der Waals surface area contributed by atoms with Gasteiger partial charge in [0.1, 0.15) is 0 Å². The molecule has 0 saturated carbocycles. The minimum absolute atomic E-state index is 0.391. The summed E-state index contributed by atoms with van der Waals surface area (Å²) in [5.41, 5.74) is 1.07. The highest BCUT2D eigenvalue weighted by Crippen LogP contribution is 2.23. The Morgan fingerprint density at radius 1 is 1.19 bits per heavy atom. The topological polar surface area (TPSA) is 37.4 Å². The standard InChI is InChI=1S/C11H17NO2S2/c1-10-4-6-11(7-5-10)16(13,14)15-9-8-12(2)3/h4-7H,8-9H2,1-3H3. The predicted octanol–water partition coefficient (Wildman–Crippen LogP) is 1.98. The maximum atomic E-state index is 11.9. The van der Waals surface area contributed by atoms with Gasteiger partial charge in [0.15, 0.2) is 0 Å². The Morgan fingerprint density at radius 2 is 1.75 bits per heavy atom. The van der Waals surface area contributed by atoms with Crippen LogP contribution in [-0.4, -0.2) is 39.7 Å². The lowest BCUT2D eigenvalue weighted by Gasteiger charge is -2.09. The third-order valence-corrected chi connectivity index (χ3v) is 5.60. The summed E-state index contributed by atoms with van der Waals surface area (Å²) in [6.07, 6.45) is 0. The van der Waals surface area contributed by atoms with E-state index >= 15 is 0 Å². The Bertz CT molecular complexity index is 424. The molecular weight excluding hydrogens is 242 g/mol. The highest BCUT2D eigenvalue weighted by molar-refractivity contribution is 8.72. The van der Waals surface area contributed by atoms with Crippen LogP contribution in [0.5, 0.6) is 0 Å². The largest absolute Gasteiger partial charge is 0.309 e. The molecule has 5 heteroatoms. The zero-order valence-electron chi connectivity index (χ0n) is 9.80. The summed E-state index contributed by atoms with van der Waals surface area (Å²) in [5.74, 6) is 0.587. The lowest BCUT2D eigenvalue weighted by atomic mass is 10.2. The van der Waals surface area contributed by atoms with Gasteiger partial charge in [0, 0.05) is 12.3 Å². The molecule has 16 heavy (non-hydrogen) atoms. The first-order valence-corrected chi connectivity index (χ1v) is 8.01. The van der Waals surface area contributed by atoms with Crippen LogP contribution >= 0.6 is 10.8 Å². The fourth-order valence-electron chi connectivity index (χ4n) is 1.10. The minimum Gasteiger partial charge on any atom is -0.309 e. The molecule has 0 spiro atoms. The summed E-state index contributed by atoms with van der Waals surface area (Å²) in [6.45, 7) is 2.70. The zero-order valence-corrected chi connectivity index (χ0v) is 11.4. The summed E-state index contributed by atoms with van der Waals surface area (Å²) < 4.78 is 23.7. The van der Waals surface area contributed by atoms with E-state index in [4.69, 9.17) is 0 Å². The van der Waals surface area contributed by atoms with E-state index in [2.05, 4.69) is 0 Å². The number of hydrogen-bond donors (Lipinski definition) is 0. The average molecular weight is 259 g/mol. The average Bonchev–Trinajstić information content (AvgIpc) is 2.17. The van der Waals surface area contributed by atoms with Crippen LogP contribution in [0.25, 0.3) is 0 Å². The van der Waals surface area contributed by atoms with Crippen molar-refractivity contribution in [3.63, 3.8) is 0 Å². The van der Waals surface area contributed by atoms with E-state index in [0.29, 0.717) is 10.6 Å². The molecule has 0 radical (unpaired) electrons. The Hall–Kier alpha value is -0.520. The Balaban J connectivity index is 2.67. The van der Waals surface area contributed by atoms with E-state index in [9.17, 15) is 8.42 Å². The van der Waals surface area contributed by atoms with E-state index in [1.54, 1.807) is 12.1 Å². The molecule has 0 fully saturated rings. The highest BCUT2D eigenvalue weighted by atomic mass is 33.1. The van der Waals surface area contributed by atoms with Crippen molar-refractivity contribution in [2.75, 3.05) is 26.4 Å². The predicted molar refractivity (Wildman–Crippen MR) is 69.4 cm³/mol. The summed E-state index contributed by atoms with van der Waals surface area (Å²) in [6, 6.07) is 6.96. The van der Waals surface area contributed by atoms with E-state index in [1.165, 1.54) is 0 Å². The second kappa shape index (κ2) is 5.70. The van der Waals surface area contributed by atoms with Crippen molar-refractivity contribution in [1.82, 2.24) is 4.90 Å². The van der Waals surface area contributed by atoms with Crippen LogP contribution in [0.2, 0.25) is 0 Å². The van der Waals surface area contributed by atoms with Gasteiger partial charge in [-0.25, -0.2) is 8.42 Å². The summed E-state index contributed by atoms with van der Waals surface area (Å²) in [5, 5.41) is 0. The highest BCUT2D eigenvalue weighted by Gasteiger charge is 2.14. The second-order valence-electron chi connectivity index (χ2n) is 3.89. The van der Waals surface area contributed by atoms with Crippen molar-refractivity contribution < 1.29 is 8.42 Å². The van der Waals surface area contributed by atoms with Gasteiger partial charge < -0.3 is 4.90 Å². The molecule has 1 aromatic rings. The molecule has 0 bridgehead atoms. The van der Waals surface area contributed by atoms with Crippen molar-refractivity contribution in [2.45, 2.75) is 11.8 Å². The van der Waals surface area contributed by atoms with Gasteiger partial charge in [0.2, 0.25) is 8.87 Å². The summed E-state index contributed by atoms with van der Waals surface area (Å²) in [7, 11) is 1.67. The van der Waals surface area contributed by atoms with Crippen LogP contribution in [0, 0.1) is 6.92 Å². The number of aryl methyl sites for hydroxylation is 1. The maximum absolute atomic E-state index is 11.9. The van der Waals surface area contributed by atoms with Gasteiger partial charge in [-0.15, -0.1) is 0 Å². The Morgan fingerprint density at radius 3 is 2.25 bits per heavy atom. The first-order chi connectivity index (χ1) is 7.42. The second-order valence-corrected chi connectivity index (χ2v) is 7.94. The number of rotatable bonds is 5. The van der Waals surface area contributed by atoms with Gasteiger partial charge in [-0.05, 0) is 43.9 Å². The molecule has 1 aromatic carbocycles. The molecule has 0 unspecified atom stereocenters. The molecule has 0 aliphatic heterocycles. The van der Waals surface area contributed by atoms with Crippen LogP contribution in [-0.2, 0) is 8.87 Å².